The van der Waals surface area contributed by atoms with Gasteiger partial charge in [0.05, 0.1) is 17.4 Å². The number of aromatic nitrogens is 4. The first-order valence-electron chi connectivity index (χ1n) is 9.31. The van der Waals surface area contributed by atoms with Gasteiger partial charge in [-0.25, -0.2) is 0 Å². The van der Waals surface area contributed by atoms with Crippen LogP contribution in [0.3, 0.4) is 0 Å². The SMILES string of the molecule is Cc1ccc(NC(=O)c2n[nH]c3ccc(-c4cncc(CN(C)C)c4)cc23)cn1. The summed E-state index contributed by atoms with van der Waals surface area (Å²) < 4.78 is 0. The van der Waals surface area contributed by atoms with E-state index in [0.29, 0.717) is 11.4 Å². The molecule has 0 radical (unpaired) electrons. The van der Waals surface area contributed by atoms with Gasteiger partial charge in [-0.05, 0) is 62.5 Å². The van der Waals surface area contributed by atoms with Crippen LogP contribution in [0.15, 0.2) is 55.0 Å². The monoisotopic (exact) mass is 386 g/mol. The van der Waals surface area contributed by atoms with Crippen LogP contribution in [-0.2, 0) is 6.54 Å². The van der Waals surface area contributed by atoms with Crippen LogP contribution in [-0.4, -0.2) is 45.1 Å². The molecule has 0 saturated heterocycles. The van der Waals surface area contributed by atoms with E-state index in [9.17, 15) is 4.79 Å². The third kappa shape index (κ3) is 4.14. The molecule has 0 bridgehead atoms. The number of hydrogen-bond donors (Lipinski definition) is 2. The van der Waals surface area contributed by atoms with E-state index in [2.05, 4.69) is 36.4 Å². The smallest absolute Gasteiger partial charge is 0.276 e. The van der Waals surface area contributed by atoms with Gasteiger partial charge in [-0.15, -0.1) is 0 Å². The van der Waals surface area contributed by atoms with Gasteiger partial charge in [-0.3, -0.25) is 19.9 Å². The quantitative estimate of drug-likeness (QED) is 0.547. The van der Waals surface area contributed by atoms with Crippen LogP contribution in [0, 0.1) is 6.92 Å². The Balaban J connectivity index is 1.66. The number of aromatic amines is 1. The minimum absolute atomic E-state index is 0.279. The van der Waals surface area contributed by atoms with Crippen molar-refractivity contribution in [2.45, 2.75) is 13.5 Å². The Labute approximate surface area is 168 Å². The molecule has 0 saturated carbocycles. The van der Waals surface area contributed by atoms with Crippen molar-refractivity contribution in [2.75, 3.05) is 19.4 Å². The molecule has 3 aromatic heterocycles. The van der Waals surface area contributed by atoms with E-state index in [1.165, 1.54) is 0 Å². The van der Waals surface area contributed by atoms with Crippen molar-refractivity contribution in [1.29, 1.82) is 0 Å². The van der Waals surface area contributed by atoms with E-state index in [0.717, 1.165) is 39.8 Å². The zero-order valence-electron chi connectivity index (χ0n) is 16.6. The molecule has 3 heterocycles. The number of H-pyrrole nitrogens is 1. The zero-order chi connectivity index (χ0) is 20.4. The molecule has 0 fully saturated rings. The number of hydrogen-bond acceptors (Lipinski definition) is 5. The fraction of sp³-hybridized carbons (Fsp3) is 0.182. The van der Waals surface area contributed by atoms with Gasteiger partial charge in [-0.1, -0.05) is 6.07 Å². The molecule has 0 aliphatic carbocycles. The van der Waals surface area contributed by atoms with Crippen molar-refractivity contribution in [1.82, 2.24) is 25.1 Å². The van der Waals surface area contributed by atoms with E-state index in [-0.39, 0.29) is 5.91 Å². The maximum absolute atomic E-state index is 12.8. The molecular weight excluding hydrogens is 364 g/mol. The molecule has 0 atom stereocenters. The van der Waals surface area contributed by atoms with Crippen LogP contribution in [0.2, 0.25) is 0 Å². The summed E-state index contributed by atoms with van der Waals surface area (Å²) >= 11 is 0. The number of amides is 1. The molecule has 7 heteroatoms. The molecular formula is C22H22N6O. The van der Waals surface area contributed by atoms with Gasteiger partial charge in [-0.2, -0.15) is 5.10 Å². The van der Waals surface area contributed by atoms with Gasteiger partial charge in [0.2, 0.25) is 0 Å². The van der Waals surface area contributed by atoms with Gasteiger partial charge in [0.1, 0.15) is 0 Å². The number of aryl methyl sites for hydroxylation is 1. The molecule has 1 amide bonds. The van der Waals surface area contributed by atoms with Gasteiger partial charge in [0, 0.05) is 35.6 Å². The summed E-state index contributed by atoms with van der Waals surface area (Å²) in [5, 5.41) is 10.8. The Hall–Kier alpha value is -3.58. The summed E-state index contributed by atoms with van der Waals surface area (Å²) in [6.45, 7) is 2.71. The molecule has 4 rings (SSSR count). The number of nitrogens with one attached hydrogen (secondary N) is 2. The second-order valence-electron chi connectivity index (χ2n) is 7.29. The normalized spacial score (nSPS) is 11.2. The van der Waals surface area contributed by atoms with Crippen molar-refractivity contribution in [2.24, 2.45) is 0 Å². The van der Waals surface area contributed by atoms with Crippen molar-refractivity contribution < 1.29 is 4.79 Å². The molecule has 0 aliphatic rings. The van der Waals surface area contributed by atoms with Crippen LogP contribution in [0.25, 0.3) is 22.0 Å². The number of nitrogens with zero attached hydrogens (tertiary/aromatic N) is 4. The lowest BCUT2D eigenvalue weighted by molar-refractivity contribution is 0.102. The van der Waals surface area contributed by atoms with E-state index in [1.807, 2.05) is 63.7 Å². The number of carbonyl (C=O) groups excluding carboxylic acids is 1. The Kier molecular flexibility index (Phi) is 5.05. The van der Waals surface area contributed by atoms with Crippen molar-refractivity contribution in [3.8, 4) is 11.1 Å². The summed E-state index contributed by atoms with van der Waals surface area (Å²) in [4.78, 5) is 23.4. The largest absolute Gasteiger partial charge is 0.319 e. The van der Waals surface area contributed by atoms with Crippen molar-refractivity contribution in [3.05, 3.63) is 71.9 Å². The lowest BCUT2D eigenvalue weighted by atomic mass is 10.0. The van der Waals surface area contributed by atoms with Crippen LogP contribution in [0.4, 0.5) is 5.69 Å². The molecule has 2 N–H and O–H groups in total. The maximum atomic E-state index is 12.8. The third-order valence-electron chi connectivity index (χ3n) is 4.57. The predicted molar refractivity (Wildman–Crippen MR) is 114 cm³/mol. The first-order chi connectivity index (χ1) is 14.0. The molecule has 1 aromatic carbocycles. The van der Waals surface area contributed by atoms with Gasteiger partial charge in [0.25, 0.3) is 5.91 Å². The second-order valence-corrected chi connectivity index (χ2v) is 7.29. The summed E-state index contributed by atoms with van der Waals surface area (Å²) in [5.74, 6) is -0.279. The number of benzene rings is 1. The van der Waals surface area contributed by atoms with Crippen molar-refractivity contribution >= 4 is 22.5 Å². The molecule has 7 nitrogen and oxygen atoms in total. The highest BCUT2D eigenvalue weighted by molar-refractivity contribution is 6.11. The topological polar surface area (TPSA) is 86.8 Å². The number of pyridine rings is 2. The highest BCUT2D eigenvalue weighted by atomic mass is 16.1. The number of carbonyl (C=O) groups is 1. The minimum atomic E-state index is -0.279. The number of fused-ring (bicyclic) bond motifs is 1. The predicted octanol–water partition coefficient (Wildman–Crippen LogP) is 3.64. The lowest BCUT2D eigenvalue weighted by Crippen LogP contribution is -2.13. The number of anilines is 1. The Bertz CT molecular complexity index is 1160. The summed E-state index contributed by atoms with van der Waals surface area (Å²) in [6, 6.07) is 11.7. The first kappa shape index (κ1) is 18.8. The Morgan fingerprint density at radius 2 is 1.93 bits per heavy atom. The Morgan fingerprint density at radius 3 is 2.69 bits per heavy atom. The molecule has 146 valence electrons. The van der Waals surface area contributed by atoms with Gasteiger partial charge >= 0.3 is 0 Å². The van der Waals surface area contributed by atoms with E-state index in [4.69, 9.17) is 0 Å². The summed E-state index contributed by atoms with van der Waals surface area (Å²) in [6.07, 6.45) is 5.34. The molecule has 0 unspecified atom stereocenters. The molecule has 4 aromatic rings. The fourth-order valence-electron chi connectivity index (χ4n) is 3.20. The van der Waals surface area contributed by atoms with Gasteiger partial charge < -0.3 is 10.2 Å². The van der Waals surface area contributed by atoms with E-state index >= 15 is 0 Å². The highest BCUT2D eigenvalue weighted by Gasteiger charge is 2.15. The van der Waals surface area contributed by atoms with Crippen LogP contribution >= 0.6 is 0 Å². The van der Waals surface area contributed by atoms with Crippen molar-refractivity contribution in [3.63, 3.8) is 0 Å². The van der Waals surface area contributed by atoms with Gasteiger partial charge in [0.15, 0.2) is 5.69 Å². The number of rotatable bonds is 5. The average Bonchev–Trinajstić information content (AvgIpc) is 3.13. The second kappa shape index (κ2) is 7.81. The zero-order valence-corrected chi connectivity index (χ0v) is 16.6. The third-order valence-corrected chi connectivity index (χ3v) is 4.57. The molecule has 0 aliphatic heterocycles. The van der Waals surface area contributed by atoms with Crippen LogP contribution in [0.1, 0.15) is 21.7 Å². The minimum Gasteiger partial charge on any atom is -0.319 e. The lowest BCUT2D eigenvalue weighted by Gasteiger charge is -2.10. The van der Waals surface area contributed by atoms with Crippen LogP contribution in [0.5, 0.6) is 0 Å². The first-order valence-corrected chi connectivity index (χ1v) is 9.31. The molecule has 0 spiro atoms. The maximum Gasteiger partial charge on any atom is 0.276 e. The fourth-order valence-corrected chi connectivity index (χ4v) is 3.20. The summed E-state index contributed by atoms with van der Waals surface area (Å²) in [5.41, 5.74) is 5.79. The Morgan fingerprint density at radius 1 is 1.07 bits per heavy atom. The van der Waals surface area contributed by atoms with E-state index < -0.39 is 0 Å². The summed E-state index contributed by atoms with van der Waals surface area (Å²) in [7, 11) is 4.05. The standard InChI is InChI=1S/C22H22N6O/c1-14-4-6-18(12-24-14)25-22(29)21-19-9-16(5-7-20(19)26-27-21)17-8-15(10-23-11-17)13-28(2)3/h4-12H,13H2,1-3H3,(H,25,29)(H,26,27). The van der Waals surface area contributed by atoms with Crippen LogP contribution < -0.4 is 5.32 Å². The van der Waals surface area contributed by atoms with E-state index in [1.54, 1.807) is 6.20 Å². The molecule has 29 heavy (non-hydrogen) atoms. The average molecular weight is 386 g/mol. The highest BCUT2D eigenvalue weighted by Crippen LogP contribution is 2.26.